The molecule has 1 aromatic carbocycles. The molecule has 0 aromatic heterocycles. The minimum Gasteiger partial charge on any atom is -0.447 e. The van der Waals surface area contributed by atoms with E-state index in [1.165, 1.54) is 4.90 Å². The Bertz CT molecular complexity index is 516. The Hall–Kier alpha value is -1.55. The first-order valence-corrected chi connectivity index (χ1v) is 7.10. The van der Waals surface area contributed by atoms with Gasteiger partial charge in [0.15, 0.2) is 0 Å². The average Bonchev–Trinajstić information content (AvgIpc) is 2.79. The molecule has 108 valence electrons. The van der Waals surface area contributed by atoms with Crippen LogP contribution < -0.4 is 0 Å². The zero-order chi connectivity index (χ0) is 14.7. The van der Waals surface area contributed by atoms with E-state index < -0.39 is 6.09 Å². The third kappa shape index (κ3) is 3.12. The summed E-state index contributed by atoms with van der Waals surface area (Å²) in [4.78, 5) is 25.2. The Morgan fingerprint density at radius 3 is 2.80 bits per heavy atom. The second kappa shape index (κ2) is 6.27. The number of carbonyl (C=O) groups is 2. The number of carbonyl (C=O) groups excluding carboxylic acids is 2. The fourth-order valence-electron chi connectivity index (χ4n) is 2.28. The molecular weight excluding hydrogens is 278 g/mol. The smallest absolute Gasteiger partial charge is 0.416 e. The van der Waals surface area contributed by atoms with E-state index in [2.05, 4.69) is 0 Å². The molecule has 1 aliphatic heterocycles. The summed E-state index contributed by atoms with van der Waals surface area (Å²) in [6.45, 7) is 4.23. The highest BCUT2D eigenvalue weighted by Gasteiger charge is 2.39. The zero-order valence-corrected chi connectivity index (χ0v) is 12.4. The number of nitrogens with zero attached hydrogens (tertiary/aromatic N) is 1. The summed E-state index contributed by atoms with van der Waals surface area (Å²) < 4.78 is 4.98. The molecule has 1 saturated heterocycles. The number of benzene rings is 1. The van der Waals surface area contributed by atoms with Crippen LogP contribution in [0.25, 0.3) is 0 Å². The quantitative estimate of drug-likeness (QED) is 0.856. The van der Waals surface area contributed by atoms with E-state index in [0.717, 1.165) is 5.56 Å². The number of hydrogen-bond acceptors (Lipinski definition) is 3. The van der Waals surface area contributed by atoms with Gasteiger partial charge in [-0.1, -0.05) is 43.6 Å². The van der Waals surface area contributed by atoms with E-state index >= 15 is 0 Å². The maximum atomic E-state index is 12.2. The van der Waals surface area contributed by atoms with E-state index in [9.17, 15) is 9.59 Å². The maximum Gasteiger partial charge on any atom is 0.416 e. The number of aryl methyl sites for hydroxylation is 1. The van der Waals surface area contributed by atoms with Gasteiger partial charge in [-0.05, 0) is 24.0 Å². The van der Waals surface area contributed by atoms with Crippen LogP contribution in [0.1, 0.15) is 25.8 Å². The minimum atomic E-state index is -0.534. The van der Waals surface area contributed by atoms with Gasteiger partial charge in [-0.3, -0.25) is 4.79 Å². The van der Waals surface area contributed by atoms with Crippen molar-refractivity contribution in [1.82, 2.24) is 4.90 Å². The molecule has 2 amide bonds. The van der Waals surface area contributed by atoms with Gasteiger partial charge in [-0.15, -0.1) is 0 Å². The summed E-state index contributed by atoms with van der Waals surface area (Å²) >= 11 is 6.06. The first-order chi connectivity index (χ1) is 9.50. The summed E-state index contributed by atoms with van der Waals surface area (Å²) in [5.41, 5.74) is 0.913. The van der Waals surface area contributed by atoms with Crippen LogP contribution in [0, 0.1) is 5.92 Å². The van der Waals surface area contributed by atoms with Gasteiger partial charge in [0.1, 0.15) is 6.61 Å². The van der Waals surface area contributed by atoms with Crippen molar-refractivity contribution >= 4 is 23.6 Å². The Labute approximate surface area is 123 Å². The van der Waals surface area contributed by atoms with E-state index in [-0.39, 0.29) is 30.9 Å². The summed E-state index contributed by atoms with van der Waals surface area (Å²) in [5.74, 6) is -0.0168. The highest BCUT2D eigenvalue weighted by Crippen LogP contribution is 2.22. The number of halogens is 1. The SMILES string of the molecule is CC(C)[C@H]1COC(=O)N1C(=O)CCc1ccccc1Cl. The lowest BCUT2D eigenvalue weighted by molar-refractivity contribution is -0.129. The Kier molecular flexibility index (Phi) is 4.65. The monoisotopic (exact) mass is 295 g/mol. The van der Waals surface area contributed by atoms with Crippen molar-refractivity contribution in [3.8, 4) is 0 Å². The standard InChI is InChI=1S/C15H18ClNO3/c1-10(2)13-9-20-15(19)17(13)14(18)8-7-11-5-3-4-6-12(11)16/h3-6,10,13H,7-9H2,1-2H3/t13-/m1/s1. The molecule has 1 fully saturated rings. The van der Waals surface area contributed by atoms with Gasteiger partial charge < -0.3 is 4.74 Å². The van der Waals surface area contributed by atoms with Crippen molar-refractivity contribution in [2.24, 2.45) is 5.92 Å². The number of imide groups is 1. The fourth-order valence-corrected chi connectivity index (χ4v) is 2.51. The first kappa shape index (κ1) is 14.9. The molecule has 0 saturated carbocycles. The maximum absolute atomic E-state index is 12.2. The molecule has 1 atom stereocenters. The van der Waals surface area contributed by atoms with Crippen molar-refractivity contribution in [3.63, 3.8) is 0 Å². The highest BCUT2D eigenvalue weighted by molar-refractivity contribution is 6.31. The van der Waals surface area contributed by atoms with E-state index in [4.69, 9.17) is 16.3 Å². The average molecular weight is 296 g/mol. The molecule has 20 heavy (non-hydrogen) atoms. The van der Waals surface area contributed by atoms with Crippen molar-refractivity contribution < 1.29 is 14.3 Å². The number of hydrogen-bond donors (Lipinski definition) is 0. The predicted molar refractivity (Wildman–Crippen MR) is 76.6 cm³/mol. The number of cyclic esters (lactones) is 1. The molecule has 2 rings (SSSR count). The van der Waals surface area contributed by atoms with Crippen LogP contribution in [0.3, 0.4) is 0 Å². The van der Waals surface area contributed by atoms with Crippen LogP contribution in [0.5, 0.6) is 0 Å². The number of ether oxygens (including phenoxy) is 1. The summed E-state index contributed by atoms with van der Waals surface area (Å²) in [5, 5.41) is 0.643. The molecule has 4 nitrogen and oxygen atoms in total. The first-order valence-electron chi connectivity index (χ1n) is 6.73. The third-order valence-corrected chi connectivity index (χ3v) is 3.88. The Morgan fingerprint density at radius 2 is 2.15 bits per heavy atom. The molecule has 0 N–H and O–H groups in total. The second-order valence-electron chi connectivity index (χ2n) is 5.24. The van der Waals surface area contributed by atoms with Crippen LogP contribution in [-0.2, 0) is 16.0 Å². The van der Waals surface area contributed by atoms with Crippen LogP contribution in [0.2, 0.25) is 5.02 Å². The Balaban J connectivity index is 2.01. The number of rotatable bonds is 4. The molecule has 5 heteroatoms. The molecule has 0 spiro atoms. The molecule has 0 aliphatic carbocycles. The van der Waals surface area contributed by atoms with Gasteiger partial charge in [-0.25, -0.2) is 9.69 Å². The third-order valence-electron chi connectivity index (χ3n) is 3.51. The van der Waals surface area contributed by atoms with Gasteiger partial charge in [0, 0.05) is 11.4 Å². The topological polar surface area (TPSA) is 46.6 Å². The van der Waals surface area contributed by atoms with E-state index in [0.29, 0.717) is 11.4 Å². The molecule has 0 bridgehead atoms. The van der Waals surface area contributed by atoms with Crippen molar-refractivity contribution in [2.45, 2.75) is 32.7 Å². The summed E-state index contributed by atoms with van der Waals surface area (Å²) in [6, 6.07) is 7.24. The largest absolute Gasteiger partial charge is 0.447 e. The van der Waals surface area contributed by atoms with Gasteiger partial charge in [0.2, 0.25) is 5.91 Å². The summed E-state index contributed by atoms with van der Waals surface area (Å²) in [7, 11) is 0. The highest BCUT2D eigenvalue weighted by atomic mass is 35.5. The van der Waals surface area contributed by atoms with Gasteiger partial charge >= 0.3 is 6.09 Å². The minimum absolute atomic E-state index is 0.166. The van der Waals surface area contributed by atoms with Crippen molar-refractivity contribution in [1.29, 1.82) is 0 Å². The predicted octanol–water partition coefficient (Wildman–Crippen LogP) is 3.28. The fraction of sp³-hybridized carbons (Fsp3) is 0.467. The summed E-state index contributed by atoms with van der Waals surface area (Å²) in [6.07, 6.45) is 0.239. The lowest BCUT2D eigenvalue weighted by Crippen LogP contribution is -2.41. The van der Waals surface area contributed by atoms with Crippen LogP contribution in [-0.4, -0.2) is 29.5 Å². The van der Waals surface area contributed by atoms with Crippen LogP contribution >= 0.6 is 11.6 Å². The van der Waals surface area contributed by atoms with Gasteiger partial charge in [0.05, 0.1) is 6.04 Å². The number of amides is 2. The van der Waals surface area contributed by atoms with Gasteiger partial charge in [-0.2, -0.15) is 0 Å². The van der Waals surface area contributed by atoms with Crippen molar-refractivity contribution in [3.05, 3.63) is 34.9 Å². The van der Waals surface area contributed by atoms with Crippen LogP contribution in [0.4, 0.5) is 4.79 Å². The molecule has 1 aromatic rings. The lowest BCUT2D eigenvalue weighted by atomic mass is 10.0. The van der Waals surface area contributed by atoms with Crippen LogP contribution in [0.15, 0.2) is 24.3 Å². The normalized spacial score (nSPS) is 18.5. The lowest BCUT2D eigenvalue weighted by Gasteiger charge is -2.22. The molecular formula is C15H18ClNO3. The van der Waals surface area contributed by atoms with Crippen molar-refractivity contribution in [2.75, 3.05) is 6.61 Å². The van der Waals surface area contributed by atoms with E-state index in [1.807, 2.05) is 32.0 Å². The molecule has 0 unspecified atom stereocenters. The van der Waals surface area contributed by atoms with Gasteiger partial charge in [0.25, 0.3) is 0 Å². The Morgan fingerprint density at radius 1 is 1.45 bits per heavy atom. The molecule has 1 heterocycles. The molecule has 1 aliphatic rings. The second-order valence-corrected chi connectivity index (χ2v) is 5.65. The zero-order valence-electron chi connectivity index (χ0n) is 11.6. The molecule has 0 radical (unpaired) electrons. The van der Waals surface area contributed by atoms with E-state index in [1.54, 1.807) is 6.07 Å².